The number of rotatable bonds is 4. The van der Waals surface area contributed by atoms with Crippen molar-refractivity contribution in [3.8, 4) is 0 Å². The van der Waals surface area contributed by atoms with Gasteiger partial charge < -0.3 is 15.4 Å². The Morgan fingerprint density at radius 1 is 1.14 bits per heavy atom. The van der Waals surface area contributed by atoms with Crippen LogP contribution in [0, 0.1) is 5.92 Å². The molecule has 0 aliphatic carbocycles. The van der Waals surface area contributed by atoms with Crippen LogP contribution in [0.15, 0.2) is 24.3 Å². The zero-order valence-electron chi connectivity index (χ0n) is 12.6. The lowest BCUT2D eigenvalue weighted by Gasteiger charge is -2.30. The molecule has 1 heterocycles. The van der Waals surface area contributed by atoms with Gasteiger partial charge in [-0.25, -0.2) is 4.79 Å². The second kappa shape index (κ2) is 7.06. The number of carbonyl (C=O) groups excluding carboxylic acids is 3. The Morgan fingerprint density at radius 3 is 2.23 bits per heavy atom. The van der Waals surface area contributed by atoms with Gasteiger partial charge in [0.1, 0.15) is 0 Å². The summed E-state index contributed by atoms with van der Waals surface area (Å²) < 4.78 is 5.02. The molecule has 0 aromatic heterocycles. The van der Waals surface area contributed by atoms with Crippen LogP contribution in [0.1, 0.15) is 40.5 Å². The van der Waals surface area contributed by atoms with Crippen LogP contribution in [-0.4, -0.2) is 42.4 Å². The van der Waals surface area contributed by atoms with Crippen LogP contribution in [0.4, 0.5) is 0 Å². The van der Waals surface area contributed by atoms with E-state index in [0.29, 0.717) is 24.6 Å². The predicted octanol–water partition coefficient (Wildman–Crippen LogP) is 1.20. The summed E-state index contributed by atoms with van der Waals surface area (Å²) in [4.78, 5) is 36.5. The van der Waals surface area contributed by atoms with E-state index in [0.717, 1.165) is 12.8 Å². The van der Waals surface area contributed by atoms with E-state index in [1.54, 1.807) is 4.90 Å². The zero-order valence-corrected chi connectivity index (χ0v) is 12.6. The molecule has 0 saturated carbocycles. The summed E-state index contributed by atoms with van der Waals surface area (Å²) >= 11 is 0. The Labute approximate surface area is 129 Å². The Kier molecular flexibility index (Phi) is 5.14. The number of benzene rings is 1. The maximum atomic E-state index is 12.0. The number of hydrogen-bond acceptors (Lipinski definition) is 4. The van der Waals surface area contributed by atoms with Gasteiger partial charge in [0.15, 0.2) is 6.61 Å². The minimum Gasteiger partial charge on any atom is -0.452 e. The topological polar surface area (TPSA) is 89.7 Å². The normalized spacial score (nSPS) is 15.4. The van der Waals surface area contributed by atoms with Gasteiger partial charge in [-0.15, -0.1) is 0 Å². The number of nitrogens with zero attached hydrogens (tertiary/aromatic N) is 1. The largest absolute Gasteiger partial charge is 0.452 e. The number of ether oxygens (including phenoxy) is 1. The number of primary amides is 1. The standard InChI is InChI=1S/C16H20N2O4/c1-11-6-8-18(9-7-11)14(19)10-22-16(21)13-4-2-12(3-5-13)15(17)20/h2-5,11H,6-10H2,1H3,(H2,17,20). The van der Waals surface area contributed by atoms with Crippen LogP contribution in [0.5, 0.6) is 0 Å². The van der Waals surface area contributed by atoms with Crippen LogP contribution in [0.25, 0.3) is 0 Å². The SMILES string of the molecule is CC1CCN(C(=O)COC(=O)c2ccc(C(N)=O)cc2)CC1. The maximum absolute atomic E-state index is 12.0. The molecule has 0 unspecified atom stereocenters. The van der Waals surface area contributed by atoms with Gasteiger partial charge in [0.25, 0.3) is 5.91 Å². The summed E-state index contributed by atoms with van der Waals surface area (Å²) in [5.41, 5.74) is 5.72. The lowest BCUT2D eigenvalue weighted by Crippen LogP contribution is -2.40. The van der Waals surface area contributed by atoms with Gasteiger partial charge >= 0.3 is 5.97 Å². The van der Waals surface area contributed by atoms with E-state index >= 15 is 0 Å². The Balaban J connectivity index is 1.84. The molecule has 22 heavy (non-hydrogen) atoms. The summed E-state index contributed by atoms with van der Waals surface area (Å²) in [6.45, 7) is 3.33. The van der Waals surface area contributed by atoms with Crippen LogP contribution >= 0.6 is 0 Å². The summed E-state index contributed by atoms with van der Waals surface area (Å²) in [5, 5.41) is 0. The molecule has 2 N–H and O–H groups in total. The average Bonchev–Trinajstić information content (AvgIpc) is 2.53. The monoisotopic (exact) mass is 304 g/mol. The Morgan fingerprint density at radius 2 is 1.68 bits per heavy atom. The fourth-order valence-electron chi connectivity index (χ4n) is 2.33. The fourth-order valence-corrected chi connectivity index (χ4v) is 2.33. The number of nitrogens with two attached hydrogens (primary N) is 1. The molecule has 1 saturated heterocycles. The van der Waals surface area contributed by atoms with Gasteiger partial charge in [-0.05, 0) is 43.0 Å². The maximum Gasteiger partial charge on any atom is 0.338 e. The van der Waals surface area contributed by atoms with Gasteiger partial charge in [0.05, 0.1) is 5.56 Å². The first-order valence-electron chi connectivity index (χ1n) is 7.32. The van der Waals surface area contributed by atoms with Crippen molar-refractivity contribution in [3.05, 3.63) is 35.4 Å². The van der Waals surface area contributed by atoms with Crippen molar-refractivity contribution in [1.29, 1.82) is 0 Å². The van der Waals surface area contributed by atoms with Crippen molar-refractivity contribution < 1.29 is 19.1 Å². The van der Waals surface area contributed by atoms with Crippen molar-refractivity contribution in [3.63, 3.8) is 0 Å². The molecule has 0 atom stereocenters. The van der Waals surface area contributed by atoms with Gasteiger partial charge in [0, 0.05) is 18.7 Å². The zero-order chi connectivity index (χ0) is 16.1. The molecular formula is C16H20N2O4. The lowest BCUT2D eigenvalue weighted by atomic mass is 9.99. The fraction of sp³-hybridized carbons (Fsp3) is 0.438. The van der Waals surface area contributed by atoms with Gasteiger partial charge in [-0.1, -0.05) is 6.92 Å². The summed E-state index contributed by atoms with van der Waals surface area (Å²) in [7, 11) is 0. The number of piperidine rings is 1. The molecule has 6 nitrogen and oxygen atoms in total. The van der Waals surface area contributed by atoms with E-state index < -0.39 is 11.9 Å². The highest BCUT2D eigenvalue weighted by Gasteiger charge is 2.21. The molecule has 1 aliphatic heterocycles. The molecule has 2 amide bonds. The minimum absolute atomic E-state index is 0.172. The first-order chi connectivity index (χ1) is 10.5. The van der Waals surface area contributed by atoms with E-state index in [-0.39, 0.29) is 18.1 Å². The lowest BCUT2D eigenvalue weighted by molar-refractivity contribution is -0.135. The molecule has 118 valence electrons. The molecule has 0 radical (unpaired) electrons. The number of amides is 2. The van der Waals surface area contributed by atoms with Crippen molar-refractivity contribution >= 4 is 17.8 Å². The molecule has 6 heteroatoms. The van der Waals surface area contributed by atoms with Gasteiger partial charge in [-0.2, -0.15) is 0 Å². The summed E-state index contributed by atoms with van der Waals surface area (Å²) in [6, 6.07) is 5.81. The first-order valence-corrected chi connectivity index (χ1v) is 7.32. The van der Waals surface area contributed by atoms with Crippen LogP contribution < -0.4 is 5.73 Å². The molecule has 0 spiro atoms. The summed E-state index contributed by atoms with van der Waals surface area (Å²) in [6.07, 6.45) is 1.96. The second-order valence-corrected chi connectivity index (χ2v) is 5.58. The molecule has 1 fully saturated rings. The van der Waals surface area contributed by atoms with Crippen molar-refractivity contribution in [2.75, 3.05) is 19.7 Å². The number of likely N-dealkylation sites (tertiary alicyclic amines) is 1. The van der Waals surface area contributed by atoms with Gasteiger partial charge in [0.2, 0.25) is 5.91 Å². The van der Waals surface area contributed by atoms with Crippen molar-refractivity contribution in [1.82, 2.24) is 4.90 Å². The van der Waals surface area contributed by atoms with Gasteiger partial charge in [-0.3, -0.25) is 9.59 Å². The number of carbonyl (C=O) groups is 3. The van der Waals surface area contributed by atoms with Crippen LogP contribution in [0.3, 0.4) is 0 Å². The highest BCUT2D eigenvalue weighted by molar-refractivity contribution is 5.95. The van der Waals surface area contributed by atoms with Crippen LogP contribution in [-0.2, 0) is 9.53 Å². The summed E-state index contributed by atoms with van der Waals surface area (Å²) in [5.74, 6) is -0.687. The third kappa shape index (κ3) is 4.07. The molecule has 2 rings (SSSR count). The first kappa shape index (κ1) is 16.0. The van der Waals surface area contributed by atoms with Crippen molar-refractivity contribution in [2.45, 2.75) is 19.8 Å². The Bertz CT molecular complexity index is 560. The van der Waals surface area contributed by atoms with Crippen molar-refractivity contribution in [2.24, 2.45) is 11.7 Å². The quantitative estimate of drug-likeness (QED) is 0.846. The molecule has 1 aromatic rings. The smallest absolute Gasteiger partial charge is 0.338 e. The highest BCUT2D eigenvalue weighted by Crippen LogP contribution is 2.16. The molecule has 0 bridgehead atoms. The predicted molar refractivity (Wildman–Crippen MR) is 80.2 cm³/mol. The second-order valence-electron chi connectivity index (χ2n) is 5.58. The Hall–Kier alpha value is -2.37. The van der Waals surface area contributed by atoms with E-state index in [9.17, 15) is 14.4 Å². The van der Waals surface area contributed by atoms with E-state index in [1.165, 1.54) is 24.3 Å². The average molecular weight is 304 g/mol. The third-order valence-corrected chi connectivity index (χ3v) is 3.87. The minimum atomic E-state index is -0.588. The molecule has 1 aromatic carbocycles. The molecular weight excluding hydrogens is 284 g/mol. The molecule has 1 aliphatic rings. The highest BCUT2D eigenvalue weighted by atomic mass is 16.5. The van der Waals surface area contributed by atoms with Crippen LogP contribution in [0.2, 0.25) is 0 Å². The number of hydrogen-bond donors (Lipinski definition) is 1. The van der Waals surface area contributed by atoms with E-state index in [4.69, 9.17) is 10.5 Å². The van der Waals surface area contributed by atoms with E-state index in [2.05, 4.69) is 6.92 Å². The third-order valence-electron chi connectivity index (χ3n) is 3.87. The number of esters is 1. The van der Waals surface area contributed by atoms with E-state index in [1.807, 2.05) is 0 Å².